The number of fused-ring (bicyclic) bond motifs is 2. The van der Waals surface area contributed by atoms with Gasteiger partial charge in [-0.2, -0.15) is 5.10 Å². The number of hydrogen-bond acceptors (Lipinski definition) is 10. The van der Waals surface area contributed by atoms with E-state index in [0.717, 1.165) is 56.1 Å². The highest BCUT2D eigenvalue weighted by Crippen LogP contribution is 2.39. The van der Waals surface area contributed by atoms with Crippen molar-refractivity contribution in [3.63, 3.8) is 0 Å². The monoisotopic (exact) mass is 545 g/mol. The van der Waals surface area contributed by atoms with E-state index in [1.54, 1.807) is 24.7 Å². The van der Waals surface area contributed by atoms with Crippen molar-refractivity contribution in [3.8, 4) is 17.0 Å². The van der Waals surface area contributed by atoms with Gasteiger partial charge in [0.2, 0.25) is 11.8 Å². The van der Waals surface area contributed by atoms with Crippen LogP contribution in [0.2, 0.25) is 0 Å². The molecule has 208 valence electrons. The number of nitrogens with one attached hydrogen (secondary N) is 2. The van der Waals surface area contributed by atoms with Crippen molar-refractivity contribution in [1.82, 2.24) is 29.6 Å². The lowest BCUT2D eigenvalue weighted by atomic mass is 9.93. The molecule has 0 atom stereocenters. The molecule has 0 aliphatic carbocycles. The molecule has 2 fully saturated rings. The Morgan fingerprint density at radius 3 is 2.75 bits per heavy atom. The second-order valence-electron chi connectivity index (χ2n) is 11.1. The van der Waals surface area contributed by atoms with E-state index in [0.29, 0.717) is 53.1 Å². The minimum absolute atomic E-state index is 0.00173. The smallest absolute Gasteiger partial charge is 0.237 e. The van der Waals surface area contributed by atoms with Crippen LogP contribution < -0.4 is 21.1 Å². The zero-order valence-corrected chi connectivity index (χ0v) is 22.6. The molecule has 3 aliphatic heterocycles. The van der Waals surface area contributed by atoms with E-state index in [4.69, 9.17) is 15.2 Å². The largest absolute Gasteiger partial charge is 0.474 e. The molecule has 0 amide bonds. The zero-order valence-electron chi connectivity index (χ0n) is 22.6. The Kier molecular flexibility index (Phi) is 5.97. The van der Waals surface area contributed by atoms with E-state index in [9.17, 15) is 0 Å². The molecule has 0 bridgehead atoms. The number of ether oxygens (including phenoxy) is 2. The second-order valence-corrected chi connectivity index (χ2v) is 11.1. The molecule has 0 radical (unpaired) electrons. The Hall–Kier alpha value is -4.03. The Morgan fingerprint density at radius 2 is 1.98 bits per heavy atom. The van der Waals surface area contributed by atoms with E-state index in [1.165, 1.54) is 0 Å². The lowest BCUT2D eigenvalue weighted by molar-refractivity contribution is -0.137. The molecule has 7 rings (SSSR count). The number of nitrogens with two attached hydrogens (primary N) is 1. The quantitative estimate of drug-likeness (QED) is 0.318. The molecular formula is C28H32FN9O2. The summed E-state index contributed by atoms with van der Waals surface area (Å²) in [5, 5.41) is 11.6. The normalized spacial score (nSPS) is 19.0. The molecule has 0 unspecified atom stereocenters. The van der Waals surface area contributed by atoms with Crippen LogP contribution in [0.4, 0.5) is 27.4 Å². The second kappa shape index (κ2) is 9.56. The van der Waals surface area contributed by atoms with Crippen molar-refractivity contribution in [2.24, 2.45) is 0 Å². The average Bonchev–Trinajstić information content (AvgIpc) is 3.43. The lowest BCUT2D eigenvalue weighted by Gasteiger charge is -2.49. The van der Waals surface area contributed by atoms with Crippen LogP contribution in [-0.2, 0) is 4.74 Å². The van der Waals surface area contributed by atoms with Gasteiger partial charge in [0.25, 0.3) is 0 Å². The van der Waals surface area contributed by atoms with Gasteiger partial charge in [0, 0.05) is 54.7 Å². The molecule has 3 aromatic heterocycles. The minimum atomic E-state index is -0.524. The summed E-state index contributed by atoms with van der Waals surface area (Å²) in [5.74, 6) is 0.375. The minimum Gasteiger partial charge on any atom is -0.474 e. The number of piperidine rings is 1. The predicted molar refractivity (Wildman–Crippen MR) is 150 cm³/mol. The van der Waals surface area contributed by atoms with Crippen LogP contribution in [0.3, 0.4) is 0 Å². The van der Waals surface area contributed by atoms with E-state index < -0.39 is 5.82 Å². The number of rotatable bonds is 5. The van der Waals surface area contributed by atoms with Crippen molar-refractivity contribution in [2.75, 3.05) is 55.8 Å². The molecule has 12 heteroatoms. The number of nitrogens with zero attached hydrogens (tertiary/aromatic N) is 6. The first kappa shape index (κ1) is 25.0. The van der Waals surface area contributed by atoms with Gasteiger partial charge >= 0.3 is 0 Å². The summed E-state index contributed by atoms with van der Waals surface area (Å²) in [6.45, 7) is 9.08. The molecule has 4 aromatic rings. The molecular weight excluding hydrogens is 513 g/mol. The highest BCUT2D eigenvalue weighted by molar-refractivity contribution is 5.96. The summed E-state index contributed by atoms with van der Waals surface area (Å²) in [7, 11) is 0. The van der Waals surface area contributed by atoms with Crippen LogP contribution in [0.1, 0.15) is 31.4 Å². The van der Waals surface area contributed by atoms with E-state index in [-0.39, 0.29) is 11.2 Å². The van der Waals surface area contributed by atoms with Crippen LogP contribution >= 0.6 is 0 Å². The highest BCUT2D eigenvalue weighted by atomic mass is 19.1. The third-order valence-corrected chi connectivity index (χ3v) is 8.38. The Labute approximate surface area is 230 Å². The van der Waals surface area contributed by atoms with Gasteiger partial charge in [-0.25, -0.2) is 19.3 Å². The molecule has 40 heavy (non-hydrogen) atoms. The van der Waals surface area contributed by atoms with Gasteiger partial charge in [0.15, 0.2) is 5.82 Å². The van der Waals surface area contributed by atoms with Crippen LogP contribution in [0.5, 0.6) is 5.88 Å². The maximum absolute atomic E-state index is 15.5. The molecule has 1 aromatic carbocycles. The Bertz CT molecular complexity index is 1590. The van der Waals surface area contributed by atoms with Crippen LogP contribution in [-0.4, -0.2) is 74.6 Å². The van der Waals surface area contributed by atoms with Gasteiger partial charge in [0.05, 0.1) is 47.9 Å². The summed E-state index contributed by atoms with van der Waals surface area (Å²) in [4.78, 5) is 16.0. The van der Waals surface area contributed by atoms with Gasteiger partial charge < -0.3 is 25.8 Å². The first-order valence-corrected chi connectivity index (χ1v) is 13.6. The van der Waals surface area contributed by atoms with Crippen molar-refractivity contribution in [1.29, 1.82) is 0 Å². The topological polar surface area (TPSA) is 128 Å². The number of nitrogen functional groups attached to an aromatic ring is 1. The van der Waals surface area contributed by atoms with Gasteiger partial charge in [0.1, 0.15) is 12.3 Å². The number of likely N-dealkylation sites (tertiary alicyclic amines) is 1. The first-order valence-electron chi connectivity index (χ1n) is 13.6. The number of benzene rings is 1. The predicted octanol–water partition coefficient (Wildman–Crippen LogP) is 3.89. The summed E-state index contributed by atoms with van der Waals surface area (Å²) in [5.41, 5.74) is 10.3. The fourth-order valence-electron chi connectivity index (χ4n) is 5.91. The van der Waals surface area contributed by atoms with Gasteiger partial charge in [-0.1, -0.05) is 0 Å². The van der Waals surface area contributed by atoms with Gasteiger partial charge in [-0.05, 0) is 38.3 Å². The van der Waals surface area contributed by atoms with Crippen molar-refractivity contribution >= 4 is 33.9 Å². The van der Waals surface area contributed by atoms with Crippen molar-refractivity contribution < 1.29 is 13.9 Å². The highest BCUT2D eigenvalue weighted by Gasteiger charge is 2.41. The molecule has 3 aliphatic rings. The van der Waals surface area contributed by atoms with Gasteiger partial charge in [-0.3, -0.25) is 9.58 Å². The third-order valence-electron chi connectivity index (χ3n) is 8.38. The molecule has 4 N–H and O–H groups in total. The fraction of sp³-hybridized carbons (Fsp3) is 0.429. The number of hydrogen-bond donors (Lipinski definition) is 3. The maximum atomic E-state index is 15.5. The van der Waals surface area contributed by atoms with E-state index >= 15 is 4.39 Å². The molecule has 0 spiro atoms. The van der Waals surface area contributed by atoms with Crippen molar-refractivity contribution in [2.45, 2.75) is 38.3 Å². The average molecular weight is 546 g/mol. The zero-order chi connectivity index (χ0) is 27.4. The van der Waals surface area contributed by atoms with Crippen LogP contribution in [0.25, 0.3) is 22.0 Å². The number of anilines is 4. The van der Waals surface area contributed by atoms with E-state index in [2.05, 4.69) is 42.5 Å². The summed E-state index contributed by atoms with van der Waals surface area (Å²) in [6, 6.07) is 2.03. The summed E-state index contributed by atoms with van der Waals surface area (Å²) >= 11 is 0. The Balaban J connectivity index is 1.12. The number of aromatic nitrogens is 5. The Morgan fingerprint density at radius 1 is 1.15 bits per heavy atom. The third kappa shape index (κ3) is 4.18. The number of pyridine rings is 1. The SMILES string of the molecule is Cc1c(-c2cc3nc(Nc4cnn(C5CCN(C6(C)COC6)CC5)c4)ncc3c(N)c2F)cnc2c1NCCO2. The standard InChI is InChI=1S/C28H32FN9O2/c1-16-20(11-32-26-25(16)31-5-8-40-26)19-9-22-21(24(30)23(19)29)12-33-27(36-22)35-17-10-34-38(13-17)18-3-6-37(7-4-18)28(2)14-39-15-28/h9-13,18,31H,3-8,14-15,30H2,1-2H3,(H,33,35,36). The summed E-state index contributed by atoms with van der Waals surface area (Å²) < 4.78 is 28.6. The lowest BCUT2D eigenvalue weighted by Crippen LogP contribution is -2.61. The molecule has 11 nitrogen and oxygen atoms in total. The molecule has 6 heterocycles. The van der Waals surface area contributed by atoms with E-state index in [1.807, 2.05) is 17.8 Å². The number of halogens is 1. The molecule has 0 saturated carbocycles. The van der Waals surface area contributed by atoms with Gasteiger partial charge in [-0.15, -0.1) is 0 Å². The van der Waals surface area contributed by atoms with Crippen molar-refractivity contribution in [3.05, 3.63) is 42.2 Å². The van der Waals surface area contributed by atoms with Crippen LogP contribution in [0, 0.1) is 12.7 Å². The fourth-order valence-corrected chi connectivity index (χ4v) is 5.91. The first-order chi connectivity index (χ1) is 19.4. The van der Waals surface area contributed by atoms with Crippen LogP contribution in [0.15, 0.2) is 30.9 Å². The maximum Gasteiger partial charge on any atom is 0.237 e. The summed E-state index contributed by atoms with van der Waals surface area (Å²) in [6.07, 6.45) is 9.01. The molecule has 2 saturated heterocycles.